The van der Waals surface area contributed by atoms with E-state index in [-0.39, 0.29) is 11.9 Å². The molecular weight excluding hydrogens is 319 g/mol. The zero-order chi connectivity index (χ0) is 17.7. The van der Waals surface area contributed by atoms with E-state index in [1.807, 2.05) is 19.0 Å². The molecule has 2 rings (SSSR count). The number of likely N-dealkylation sites (N-methyl/N-ethyl adjacent to an activating group) is 1. The lowest BCUT2D eigenvalue weighted by Gasteiger charge is -2.17. The van der Waals surface area contributed by atoms with Crippen LogP contribution < -0.4 is 5.32 Å². The first-order chi connectivity index (χ1) is 11.3. The molecule has 24 heavy (non-hydrogen) atoms. The van der Waals surface area contributed by atoms with Gasteiger partial charge in [-0.25, -0.2) is 0 Å². The van der Waals surface area contributed by atoms with Gasteiger partial charge in [-0.15, -0.1) is 0 Å². The van der Waals surface area contributed by atoms with Crippen molar-refractivity contribution in [1.82, 2.24) is 9.80 Å². The second-order valence-electron chi connectivity index (χ2n) is 6.16. The summed E-state index contributed by atoms with van der Waals surface area (Å²) in [7, 11) is 3.83. The monoisotopic (exact) mass is 341 g/mol. The summed E-state index contributed by atoms with van der Waals surface area (Å²) in [5.74, 6) is -0.0646. The van der Waals surface area contributed by atoms with Crippen molar-refractivity contribution in [3.05, 3.63) is 42.0 Å². The summed E-state index contributed by atoms with van der Waals surface area (Å²) in [6.45, 7) is 1.77. The number of alkyl halides is 3. The molecular formula is C17H22F3N3O. The molecule has 132 valence electrons. The molecule has 1 aromatic rings. The topological polar surface area (TPSA) is 35.6 Å². The first-order valence-electron chi connectivity index (χ1n) is 7.79. The minimum atomic E-state index is -4.35. The van der Waals surface area contributed by atoms with Crippen LogP contribution in [0, 0.1) is 0 Å². The van der Waals surface area contributed by atoms with Crippen molar-refractivity contribution in [3.8, 4) is 0 Å². The molecule has 0 unspecified atom stereocenters. The van der Waals surface area contributed by atoms with E-state index in [4.69, 9.17) is 0 Å². The van der Waals surface area contributed by atoms with Gasteiger partial charge in [-0.2, -0.15) is 13.2 Å². The van der Waals surface area contributed by atoms with Crippen LogP contribution in [0.2, 0.25) is 0 Å². The number of hydrogen-bond acceptors (Lipinski definition) is 3. The van der Waals surface area contributed by atoms with Gasteiger partial charge in [-0.1, -0.05) is 12.1 Å². The predicted molar refractivity (Wildman–Crippen MR) is 87.7 cm³/mol. The largest absolute Gasteiger partial charge is 0.416 e. The van der Waals surface area contributed by atoms with E-state index in [1.54, 1.807) is 23.1 Å². The zero-order valence-corrected chi connectivity index (χ0v) is 13.8. The maximum absolute atomic E-state index is 12.7. The minimum absolute atomic E-state index is 0.0420. The summed E-state index contributed by atoms with van der Waals surface area (Å²) in [4.78, 5) is 15.7. The van der Waals surface area contributed by atoms with E-state index in [1.165, 1.54) is 6.07 Å². The van der Waals surface area contributed by atoms with Gasteiger partial charge >= 0.3 is 6.18 Å². The molecule has 0 aliphatic carbocycles. The SMILES string of the molecule is CN(C)C/C=C/C(=O)N1CC[C@H](Nc2cccc(C(F)(F)F)c2)C1. The van der Waals surface area contributed by atoms with Crippen LogP contribution >= 0.6 is 0 Å². The number of nitrogens with one attached hydrogen (secondary N) is 1. The van der Waals surface area contributed by atoms with Gasteiger partial charge in [0.15, 0.2) is 0 Å². The number of nitrogens with zero attached hydrogens (tertiary/aromatic N) is 2. The highest BCUT2D eigenvalue weighted by Crippen LogP contribution is 2.31. The maximum Gasteiger partial charge on any atom is 0.416 e. The molecule has 1 saturated heterocycles. The van der Waals surface area contributed by atoms with E-state index in [0.29, 0.717) is 31.7 Å². The van der Waals surface area contributed by atoms with Crippen LogP contribution in [0.5, 0.6) is 0 Å². The number of anilines is 1. The minimum Gasteiger partial charge on any atom is -0.380 e. The van der Waals surface area contributed by atoms with E-state index in [2.05, 4.69) is 5.32 Å². The highest BCUT2D eigenvalue weighted by Gasteiger charge is 2.31. The Labute approximate surface area is 139 Å². The second kappa shape index (κ2) is 7.70. The van der Waals surface area contributed by atoms with Gasteiger partial charge in [0.1, 0.15) is 0 Å². The summed E-state index contributed by atoms with van der Waals surface area (Å²) >= 11 is 0. The molecule has 1 aliphatic heterocycles. The van der Waals surface area contributed by atoms with Gasteiger partial charge in [0.25, 0.3) is 0 Å². The van der Waals surface area contributed by atoms with Crippen LogP contribution in [0.4, 0.5) is 18.9 Å². The first kappa shape index (κ1) is 18.3. The fourth-order valence-electron chi connectivity index (χ4n) is 2.57. The zero-order valence-electron chi connectivity index (χ0n) is 13.8. The highest BCUT2D eigenvalue weighted by molar-refractivity contribution is 5.87. The number of likely N-dealkylation sites (tertiary alicyclic amines) is 1. The Bertz CT molecular complexity index is 599. The molecule has 1 N–H and O–H groups in total. The average Bonchev–Trinajstić information content (AvgIpc) is 2.95. The van der Waals surface area contributed by atoms with Crippen molar-refractivity contribution in [1.29, 1.82) is 0 Å². The Balaban J connectivity index is 1.90. The molecule has 1 amide bonds. The molecule has 1 heterocycles. The number of rotatable bonds is 5. The lowest BCUT2D eigenvalue weighted by molar-refractivity contribution is -0.137. The molecule has 7 heteroatoms. The normalized spacial score (nSPS) is 18.6. The fraction of sp³-hybridized carbons (Fsp3) is 0.471. The van der Waals surface area contributed by atoms with E-state index in [9.17, 15) is 18.0 Å². The summed E-state index contributed by atoms with van der Waals surface area (Å²) < 4.78 is 38.2. The van der Waals surface area contributed by atoms with Gasteiger partial charge in [0, 0.05) is 37.4 Å². The van der Waals surface area contributed by atoms with Crippen molar-refractivity contribution in [2.24, 2.45) is 0 Å². The molecule has 0 bridgehead atoms. The predicted octanol–water partition coefficient (Wildman–Crippen LogP) is 2.84. The third-order valence-corrected chi connectivity index (χ3v) is 3.79. The standard InChI is InChI=1S/C17H22F3N3O/c1-22(2)9-4-7-16(24)23-10-8-15(12-23)21-14-6-3-5-13(11-14)17(18,19)20/h3-7,11,15,21H,8-10,12H2,1-2H3/b7-4+/t15-/m0/s1. The van der Waals surface area contributed by atoms with Crippen LogP contribution in [0.3, 0.4) is 0 Å². The highest BCUT2D eigenvalue weighted by atomic mass is 19.4. The molecule has 1 aliphatic rings. The number of amides is 1. The Morgan fingerprint density at radius 2 is 2.17 bits per heavy atom. The van der Waals surface area contributed by atoms with Gasteiger partial charge in [-0.3, -0.25) is 4.79 Å². The Kier molecular flexibility index (Phi) is 5.88. The lowest BCUT2D eigenvalue weighted by atomic mass is 10.1. The van der Waals surface area contributed by atoms with Crippen molar-refractivity contribution in [2.75, 3.05) is 39.0 Å². The molecule has 0 spiro atoms. The lowest BCUT2D eigenvalue weighted by Crippen LogP contribution is -2.30. The summed E-state index contributed by atoms with van der Waals surface area (Å²) in [6, 6.07) is 5.09. The quantitative estimate of drug-likeness (QED) is 0.837. The van der Waals surface area contributed by atoms with Crippen molar-refractivity contribution >= 4 is 11.6 Å². The number of carbonyl (C=O) groups is 1. The van der Waals surface area contributed by atoms with Crippen molar-refractivity contribution in [2.45, 2.75) is 18.6 Å². The molecule has 1 aromatic carbocycles. The Hall–Kier alpha value is -2.02. The van der Waals surface area contributed by atoms with Crippen LogP contribution in [0.1, 0.15) is 12.0 Å². The van der Waals surface area contributed by atoms with Crippen molar-refractivity contribution < 1.29 is 18.0 Å². The van der Waals surface area contributed by atoms with E-state index in [0.717, 1.165) is 12.1 Å². The van der Waals surface area contributed by atoms with Crippen LogP contribution in [-0.4, -0.2) is 55.5 Å². The van der Waals surface area contributed by atoms with Gasteiger partial charge in [0.05, 0.1) is 5.56 Å². The summed E-state index contributed by atoms with van der Waals surface area (Å²) in [6.07, 6.45) is -0.293. The number of hydrogen-bond donors (Lipinski definition) is 1. The number of benzene rings is 1. The smallest absolute Gasteiger partial charge is 0.380 e. The van der Waals surface area contributed by atoms with E-state index >= 15 is 0 Å². The molecule has 4 nitrogen and oxygen atoms in total. The summed E-state index contributed by atoms with van der Waals surface area (Å²) in [5.41, 5.74) is -0.252. The molecule has 1 fully saturated rings. The van der Waals surface area contributed by atoms with E-state index < -0.39 is 11.7 Å². The van der Waals surface area contributed by atoms with Crippen LogP contribution in [0.15, 0.2) is 36.4 Å². The van der Waals surface area contributed by atoms with Crippen LogP contribution in [0.25, 0.3) is 0 Å². The Morgan fingerprint density at radius 1 is 1.42 bits per heavy atom. The van der Waals surface area contributed by atoms with Gasteiger partial charge in [-0.05, 0) is 38.7 Å². The Morgan fingerprint density at radius 3 is 2.83 bits per heavy atom. The van der Waals surface area contributed by atoms with Crippen molar-refractivity contribution in [3.63, 3.8) is 0 Å². The number of carbonyl (C=O) groups excluding carboxylic acids is 1. The van der Waals surface area contributed by atoms with Gasteiger partial charge in [0.2, 0.25) is 5.91 Å². The molecule has 0 aromatic heterocycles. The van der Waals surface area contributed by atoms with Gasteiger partial charge < -0.3 is 15.1 Å². The molecule has 0 radical (unpaired) electrons. The second-order valence-corrected chi connectivity index (χ2v) is 6.16. The average molecular weight is 341 g/mol. The fourth-order valence-corrected chi connectivity index (χ4v) is 2.57. The third kappa shape index (κ3) is 5.26. The maximum atomic E-state index is 12.7. The summed E-state index contributed by atoms with van der Waals surface area (Å²) in [5, 5.41) is 3.09. The number of halogens is 3. The van der Waals surface area contributed by atoms with Crippen LogP contribution in [-0.2, 0) is 11.0 Å². The molecule has 0 saturated carbocycles. The molecule has 1 atom stereocenters. The third-order valence-electron chi connectivity index (χ3n) is 3.79. The first-order valence-corrected chi connectivity index (χ1v) is 7.79.